The summed E-state index contributed by atoms with van der Waals surface area (Å²) in [5.41, 5.74) is 4.28. The number of rotatable bonds is 10. The molecule has 0 bridgehead atoms. The van der Waals surface area contributed by atoms with Gasteiger partial charge in [-0.2, -0.15) is 0 Å². The first-order valence-electron chi connectivity index (χ1n) is 13.6. The molecule has 0 saturated heterocycles. The number of benzene rings is 3. The van der Waals surface area contributed by atoms with Gasteiger partial charge in [0.05, 0.1) is 0 Å². The number of fused-ring (bicyclic) bond motifs is 2. The van der Waals surface area contributed by atoms with Crippen LogP contribution in [-0.4, -0.2) is 38.4 Å². The molecule has 2 aliphatic rings. The smallest absolute Gasteiger partial charge is 0.490 e. The fourth-order valence-electron chi connectivity index (χ4n) is 5.07. The Kier molecular flexibility index (Phi) is 7.80. The lowest BCUT2D eigenvalue weighted by atomic mass is 10.1. The van der Waals surface area contributed by atoms with Crippen LogP contribution in [0.15, 0.2) is 72.9 Å². The Bertz CT molecular complexity index is 1590. The number of hydrogen-bond acceptors (Lipinski definition) is 8. The number of alkyl halides is 3. The number of aryl methyl sites for hydroxylation is 1. The van der Waals surface area contributed by atoms with Crippen molar-refractivity contribution in [2.45, 2.75) is 51.7 Å². The van der Waals surface area contributed by atoms with Gasteiger partial charge in [0.2, 0.25) is 0 Å². The minimum atomic E-state index is -4.72. The van der Waals surface area contributed by atoms with Crippen molar-refractivity contribution < 1.29 is 37.0 Å². The molecule has 0 N–H and O–H groups in total. The molecule has 0 radical (unpaired) electrons. The maximum Gasteiger partial charge on any atom is 0.573 e. The SMILES string of the molecule is O=[N+]([O-])c1cn2c(n1)O[C@H](COc1ccc3c(c1)CN(Cc1ccc(OCc4ccc(OC(F)(F)F)cc4)cc1)C3)CC2. The maximum absolute atomic E-state index is 12.3. The summed E-state index contributed by atoms with van der Waals surface area (Å²) < 4.78 is 60.1. The second-order valence-electron chi connectivity index (χ2n) is 10.4. The Morgan fingerprint density at radius 2 is 1.63 bits per heavy atom. The van der Waals surface area contributed by atoms with E-state index in [4.69, 9.17) is 14.2 Å². The third-order valence-corrected chi connectivity index (χ3v) is 7.17. The fourth-order valence-corrected chi connectivity index (χ4v) is 5.07. The van der Waals surface area contributed by atoms with Crippen molar-refractivity contribution in [2.24, 2.45) is 0 Å². The molecular formula is C30H27F3N4O6. The van der Waals surface area contributed by atoms with Crippen LogP contribution in [0, 0.1) is 10.1 Å². The van der Waals surface area contributed by atoms with Gasteiger partial charge in [-0.3, -0.25) is 9.47 Å². The summed E-state index contributed by atoms with van der Waals surface area (Å²) in [7, 11) is 0. The number of halogens is 3. The second-order valence-corrected chi connectivity index (χ2v) is 10.4. The Hall–Kier alpha value is -4.78. The molecule has 2 aliphatic heterocycles. The van der Waals surface area contributed by atoms with Crippen molar-refractivity contribution in [3.63, 3.8) is 0 Å². The first-order valence-corrected chi connectivity index (χ1v) is 13.6. The first-order chi connectivity index (χ1) is 20.7. The minimum absolute atomic E-state index is 0.220. The molecule has 43 heavy (non-hydrogen) atoms. The lowest BCUT2D eigenvalue weighted by Crippen LogP contribution is -2.31. The van der Waals surface area contributed by atoms with E-state index in [0.717, 1.165) is 36.5 Å². The van der Waals surface area contributed by atoms with Gasteiger partial charge in [-0.1, -0.05) is 30.3 Å². The predicted molar refractivity (Wildman–Crippen MR) is 147 cm³/mol. The zero-order valence-corrected chi connectivity index (χ0v) is 22.8. The van der Waals surface area contributed by atoms with E-state index in [1.807, 2.05) is 36.4 Å². The number of nitrogens with zero attached hydrogens (tertiary/aromatic N) is 4. The van der Waals surface area contributed by atoms with Crippen LogP contribution in [0.25, 0.3) is 0 Å². The highest BCUT2D eigenvalue weighted by Crippen LogP contribution is 2.30. The highest BCUT2D eigenvalue weighted by atomic mass is 19.4. The van der Waals surface area contributed by atoms with Crippen molar-refractivity contribution in [2.75, 3.05) is 6.61 Å². The highest BCUT2D eigenvalue weighted by molar-refractivity contribution is 5.38. The van der Waals surface area contributed by atoms with Gasteiger partial charge < -0.3 is 29.1 Å². The van der Waals surface area contributed by atoms with E-state index < -0.39 is 11.3 Å². The quantitative estimate of drug-likeness (QED) is 0.162. The van der Waals surface area contributed by atoms with Gasteiger partial charge in [0, 0.05) is 37.6 Å². The highest BCUT2D eigenvalue weighted by Gasteiger charge is 2.31. The molecule has 0 saturated carbocycles. The van der Waals surface area contributed by atoms with Crippen LogP contribution >= 0.6 is 0 Å². The van der Waals surface area contributed by atoms with Crippen LogP contribution in [0.1, 0.15) is 28.7 Å². The Labute approximate surface area is 244 Å². The molecule has 10 nitrogen and oxygen atoms in total. The standard InChI is InChI=1S/C30H27F3N4O6/c31-30(32,33)43-25-8-3-21(4-9-25)18-40-24-6-1-20(2-7-24)14-35-15-22-5-10-26(13-23(22)16-35)41-19-27-11-12-36-17-28(37(38)39)34-29(36)42-27/h1-10,13,17,27H,11-12,14-16,18-19H2/t27-/m0/s1. The van der Waals surface area contributed by atoms with E-state index in [-0.39, 0.29) is 30.3 Å². The van der Waals surface area contributed by atoms with Crippen molar-refractivity contribution in [3.05, 3.63) is 105 Å². The topological polar surface area (TPSA) is 101 Å². The van der Waals surface area contributed by atoms with Gasteiger partial charge in [-0.05, 0) is 63.6 Å². The molecule has 0 unspecified atom stereocenters. The summed E-state index contributed by atoms with van der Waals surface area (Å²) >= 11 is 0. The molecule has 0 fully saturated rings. The lowest BCUT2D eigenvalue weighted by Gasteiger charge is -2.22. The van der Waals surface area contributed by atoms with Crippen LogP contribution < -0.4 is 18.9 Å². The Balaban J connectivity index is 0.961. The second kappa shape index (κ2) is 11.8. The average Bonchev–Trinajstić information content (AvgIpc) is 3.59. The van der Waals surface area contributed by atoms with E-state index in [0.29, 0.717) is 25.3 Å². The van der Waals surface area contributed by atoms with Crippen LogP contribution in [0.4, 0.5) is 19.0 Å². The monoisotopic (exact) mass is 596 g/mol. The van der Waals surface area contributed by atoms with Crippen LogP contribution in [0.2, 0.25) is 0 Å². The van der Waals surface area contributed by atoms with Crippen molar-refractivity contribution in [1.29, 1.82) is 0 Å². The van der Waals surface area contributed by atoms with E-state index >= 15 is 0 Å². The molecule has 0 spiro atoms. The summed E-state index contributed by atoms with van der Waals surface area (Å²) in [5, 5.41) is 11.0. The van der Waals surface area contributed by atoms with Crippen molar-refractivity contribution in [1.82, 2.24) is 14.5 Å². The molecule has 4 aromatic rings. The summed E-state index contributed by atoms with van der Waals surface area (Å²) in [6, 6.07) is 19.6. The van der Waals surface area contributed by atoms with Gasteiger partial charge in [-0.15, -0.1) is 13.2 Å². The molecule has 0 aliphatic carbocycles. The molecule has 0 amide bonds. The van der Waals surface area contributed by atoms with Crippen LogP contribution in [-0.2, 0) is 32.8 Å². The first kappa shape index (κ1) is 28.3. The molecule has 1 aromatic heterocycles. The fraction of sp³-hybridized carbons (Fsp3) is 0.300. The van der Waals surface area contributed by atoms with Gasteiger partial charge in [0.25, 0.3) is 0 Å². The van der Waals surface area contributed by atoms with E-state index in [1.54, 1.807) is 4.57 Å². The molecule has 1 atom stereocenters. The molecule has 3 aromatic carbocycles. The van der Waals surface area contributed by atoms with Crippen LogP contribution in [0.3, 0.4) is 0 Å². The normalized spacial score (nSPS) is 16.2. The molecule has 13 heteroatoms. The molecule has 224 valence electrons. The molecule has 6 rings (SSSR count). The lowest BCUT2D eigenvalue weighted by molar-refractivity contribution is -0.389. The van der Waals surface area contributed by atoms with E-state index in [9.17, 15) is 23.3 Å². The average molecular weight is 597 g/mol. The Morgan fingerprint density at radius 1 is 0.930 bits per heavy atom. The number of ether oxygens (including phenoxy) is 4. The Morgan fingerprint density at radius 3 is 2.37 bits per heavy atom. The van der Waals surface area contributed by atoms with Crippen molar-refractivity contribution in [3.8, 4) is 23.3 Å². The minimum Gasteiger partial charge on any atom is -0.490 e. The van der Waals surface area contributed by atoms with Gasteiger partial charge >= 0.3 is 18.2 Å². The summed E-state index contributed by atoms with van der Waals surface area (Å²) in [6.07, 6.45) is -2.92. The molecular weight excluding hydrogens is 569 g/mol. The number of hydrogen-bond donors (Lipinski definition) is 0. The largest absolute Gasteiger partial charge is 0.573 e. The maximum atomic E-state index is 12.3. The van der Waals surface area contributed by atoms with Gasteiger partial charge in [-0.25, -0.2) is 0 Å². The van der Waals surface area contributed by atoms with E-state index in [2.05, 4.69) is 20.7 Å². The van der Waals surface area contributed by atoms with Crippen molar-refractivity contribution >= 4 is 5.82 Å². The summed E-state index contributed by atoms with van der Waals surface area (Å²) in [6.45, 7) is 3.45. The number of nitro groups is 1. The summed E-state index contributed by atoms with van der Waals surface area (Å²) in [5.74, 6) is 0.908. The zero-order chi connectivity index (χ0) is 30.0. The third kappa shape index (κ3) is 7.17. The molecule has 3 heterocycles. The predicted octanol–water partition coefficient (Wildman–Crippen LogP) is 6.01. The summed E-state index contributed by atoms with van der Waals surface area (Å²) in [4.78, 5) is 16.7. The van der Waals surface area contributed by atoms with Crippen LogP contribution in [0.5, 0.6) is 23.3 Å². The van der Waals surface area contributed by atoms with E-state index in [1.165, 1.54) is 41.6 Å². The van der Waals surface area contributed by atoms with Gasteiger partial charge in [0.15, 0.2) is 0 Å². The third-order valence-electron chi connectivity index (χ3n) is 7.17. The van der Waals surface area contributed by atoms with Gasteiger partial charge in [0.1, 0.15) is 42.8 Å². The number of imidazole rings is 1. The zero-order valence-electron chi connectivity index (χ0n) is 22.8. The number of aromatic nitrogens is 2.